The van der Waals surface area contributed by atoms with E-state index in [1.54, 1.807) is 6.07 Å². The van der Waals surface area contributed by atoms with Crippen molar-refractivity contribution in [2.75, 3.05) is 0 Å². The Balaban J connectivity index is 2.74. The van der Waals surface area contributed by atoms with E-state index >= 15 is 0 Å². The third-order valence-electron chi connectivity index (χ3n) is 2.68. The van der Waals surface area contributed by atoms with Crippen molar-refractivity contribution in [3.63, 3.8) is 0 Å². The molecule has 1 aromatic carbocycles. The Labute approximate surface area is 106 Å². The zero-order valence-electron chi connectivity index (χ0n) is 10.2. The van der Waals surface area contributed by atoms with Crippen molar-refractivity contribution in [2.45, 2.75) is 39.4 Å². The van der Waals surface area contributed by atoms with Crippen molar-refractivity contribution < 1.29 is 14.6 Å². The minimum absolute atomic E-state index is 0.0277. The Morgan fingerprint density at radius 1 is 1.29 bits per heavy atom. The second-order valence-electron chi connectivity index (χ2n) is 5.33. The van der Waals surface area contributed by atoms with Crippen molar-refractivity contribution in [3.05, 3.63) is 34.6 Å². The highest BCUT2D eigenvalue weighted by atomic mass is 35.5. The Morgan fingerprint density at radius 2 is 1.88 bits per heavy atom. The van der Waals surface area contributed by atoms with Crippen LogP contribution in [0, 0.1) is 11.2 Å². The minimum Gasteiger partial charge on any atom is -0.390 e. The molecule has 0 radical (unpaired) electrons. The second-order valence-corrected chi connectivity index (χ2v) is 5.74. The predicted molar refractivity (Wildman–Crippen MR) is 66.6 cm³/mol. The third kappa shape index (κ3) is 3.95. The van der Waals surface area contributed by atoms with Crippen LogP contribution in [0.25, 0.3) is 0 Å². The van der Waals surface area contributed by atoms with Gasteiger partial charge in [-0.15, -0.1) is 0 Å². The van der Waals surface area contributed by atoms with E-state index in [0.717, 1.165) is 0 Å². The average molecular weight is 261 g/mol. The van der Waals surface area contributed by atoms with E-state index < -0.39 is 23.4 Å². The first kappa shape index (κ1) is 14.4. The molecule has 0 bridgehead atoms. The highest BCUT2D eigenvalue weighted by Gasteiger charge is 2.29. The molecule has 0 amide bonds. The molecule has 2 atom stereocenters. The molecule has 4 heteroatoms. The zero-order valence-corrected chi connectivity index (χ0v) is 11.0. The van der Waals surface area contributed by atoms with Crippen LogP contribution in [0.4, 0.5) is 4.39 Å². The van der Waals surface area contributed by atoms with Crippen LogP contribution < -0.4 is 0 Å². The number of rotatable bonds is 3. The molecule has 0 fully saturated rings. The van der Waals surface area contributed by atoms with Crippen molar-refractivity contribution in [1.29, 1.82) is 0 Å². The van der Waals surface area contributed by atoms with Crippen LogP contribution in [-0.4, -0.2) is 22.4 Å². The van der Waals surface area contributed by atoms with E-state index in [9.17, 15) is 14.6 Å². The largest absolute Gasteiger partial charge is 0.390 e. The summed E-state index contributed by atoms with van der Waals surface area (Å²) < 4.78 is 12.9. The lowest BCUT2D eigenvalue weighted by Gasteiger charge is -2.30. The molecular formula is C13H18ClFO2. The smallest absolute Gasteiger partial charge is 0.141 e. The topological polar surface area (TPSA) is 40.5 Å². The Hall–Kier alpha value is -0.640. The van der Waals surface area contributed by atoms with E-state index in [4.69, 9.17) is 11.6 Å². The Bertz CT molecular complexity index is 387. The number of aliphatic hydroxyl groups excluding tert-OH is 2. The van der Waals surface area contributed by atoms with E-state index in [2.05, 4.69) is 0 Å². The van der Waals surface area contributed by atoms with Gasteiger partial charge < -0.3 is 10.2 Å². The maximum Gasteiger partial charge on any atom is 0.141 e. The lowest BCUT2D eigenvalue weighted by atomic mass is 9.84. The van der Waals surface area contributed by atoms with Crippen molar-refractivity contribution in [1.82, 2.24) is 0 Å². The first-order valence-electron chi connectivity index (χ1n) is 5.52. The fourth-order valence-corrected chi connectivity index (χ4v) is 1.80. The summed E-state index contributed by atoms with van der Waals surface area (Å²) in [6.07, 6.45) is -1.49. The minimum atomic E-state index is -0.892. The van der Waals surface area contributed by atoms with Crippen molar-refractivity contribution in [3.8, 4) is 0 Å². The molecule has 0 aromatic heterocycles. The van der Waals surface area contributed by atoms with Gasteiger partial charge in [-0.2, -0.15) is 0 Å². The molecule has 96 valence electrons. The molecule has 1 aromatic rings. The molecule has 0 spiro atoms. The van der Waals surface area contributed by atoms with Gasteiger partial charge in [0.25, 0.3) is 0 Å². The third-order valence-corrected chi connectivity index (χ3v) is 2.97. The standard InChI is InChI=1S/C13H18ClFO2/c1-13(2,3)12(17)11(16)7-8-4-5-10(15)9(14)6-8/h4-6,11-12,16-17H,7H2,1-3H3. The highest BCUT2D eigenvalue weighted by Crippen LogP contribution is 2.24. The Morgan fingerprint density at radius 3 is 2.35 bits per heavy atom. The van der Waals surface area contributed by atoms with Gasteiger partial charge in [-0.3, -0.25) is 0 Å². The van der Waals surface area contributed by atoms with Crippen LogP contribution >= 0.6 is 11.6 Å². The van der Waals surface area contributed by atoms with Crippen LogP contribution in [0.5, 0.6) is 0 Å². The fraction of sp³-hybridized carbons (Fsp3) is 0.538. The molecule has 17 heavy (non-hydrogen) atoms. The summed E-state index contributed by atoms with van der Waals surface area (Å²) in [7, 11) is 0. The van der Waals surface area contributed by atoms with Gasteiger partial charge in [0.1, 0.15) is 5.82 Å². The quantitative estimate of drug-likeness (QED) is 0.877. The van der Waals surface area contributed by atoms with Crippen LogP contribution in [-0.2, 0) is 6.42 Å². The summed E-state index contributed by atoms with van der Waals surface area (Å²) in [5, 5.41) is 19.8. The van der Waals surface area contributed by atoms with E-state index in [1.807, 2.05) is 20.8 Å². The SMILES string of the molecule is CC(C)(C)C(O)C(O)Cc1ccc(F)c(Cl)c1. The first-order valence-corrected chi connectivity index (χ1v) is 5.89. The van der Waals surface area contributed by atoms with E-state index in [0.29, 0.717) is 5.56 Å². The maximum atomic E-state index is 12.9. The molecular weight excluding hydrogens is 243 g/mol. The van der Waals surface area contributed by atoms with Gasteiger partial charge >= 0.3 is 0 Å². The molecule has 1 rings (SSSR count). The Kier molecular flexibility index (Phi) is 4.53. The van der Waals surface area contributed by atoms with Gasteiger partial charge in [0.2, 0.25) is 0 Å². The lowest BCUT2D eigenvalue weighted by Crippen LogP contribution is -2.38. The molecule has 0 aliphatic rings. The van der Waals surface area contributed by atoms with Crippen molar-refractivity contribution in [2.24, 2.45) is 5.41 Å². The van der Waals surface area contributed by atoms with Gasteiger partial charge in [0, 0.05) is 6.42 Å². The van der Waals surface area contributed by atoms with Gasteiger partial charge in [0.05, 0.1) is 17.2 Å². The summed E-state index contributed by atoms with van der Waals surface area (Å²) in [6.45, 7) is 5.54. The number of aliphatic hydroxyl groups is 2. The second kappa shape index (κ2) is 5.34. The van der Waals surface area contributed by atoms with Crippen LogP contribution in [0.15, 0.2) is 18.2 Å². The zero-order chi connectivity index (χ0) is 13.2. The molecule has 0 saturated heterocycles. The normalized spacial score (nSPS) is 15.7. The van der Waals surface area contributed by atoms with Crippen LogP contribution in [0.3, 0.4) is 0 Å². The summed E-state index contributed by atoms with van der Waals surface area (Å²) in [4.78, 5) is 0. The molecule has 0 aliphatic carbocycles. The highest BCUT2D eigenvalue weighted by molar-refractivity contribution is 6.30. The predicted octanol–water partition coefficient (Wildman–Crippen LogP) is 2.79. The average Bonchev–Trinajstić information content (AvgIpc) is 2.21. The molecule has 0 heterocycles. The monoisotopic (exact) mass is 260 g/mol. The van der Waals surface area contributed by atoms with Crippen LogP contribution in [0.2, 0.25) is 5.02 Å². The molecule has 0 aliphatic heterocycles. The number of benzene rings is 1. The number of hydrogen-bond acceptors (Lipinski definition) is 2. The van der Waals surface area contributed by atoms with Crippen LogP contribution in [0.1, 0.15) is 26.3 Å². The fourth-order valence-electron chi connectivity index (χ4n) is 1.60. The summed E-state index contributed by atoms with van der Waals surface area (Å²) in [6, 6.07) is 4.28. The van der Waals surface area contributed by atoms with Gasteiger partial charge in [0.15, 0.2) is 0 Å². The van der Waals surface area contributed by atoms with Crippen molar-refractivity contribution >= 4 is 11.6 Å². The van der Waals surface area contributed by atoms with Gasteiger partial charge in [-0.1, -0.05) is 38.4 Å². The number of hydrogen-bond donors (Lipinski definition) is 2. The first-order chi connectivity index (χ1) is 7.71. The molecule has 2 unspecified atom stereocenters. The van der Waals surface area contributed by atoms with Gasteiger partial charge in [-0.05, 0) is 23.1 Å². The number of halogens is 2. The molecule has 2 nitrogen and oxygen atoms in total. The lowest BCUT2D eigenvalue weighted by molar-refractivity contribution is -0.0434. The summed E-state index contributed by atoms with van der Waals surface area (Å²) in [5.41, 5.74) is 0.302. The van der Waals surface area contributed by atoms with Gasteiger partial charge in [-0.25, -0.2) is 4.39 Å². The molecule has 2 N–H and O–H groups in total. The summed E-state index contributed by atoms with van der Waals surface area (Å²) >= 11 is 5.65. The molecule has 0 saturated carbocycles. The maximum absolute atomic E-state index is 12.9. The van der Waals surface area contributed by atoms with E-state index in [-0.39, 0.29) is 11.4 Å². The summed E-state index contributed by atoms with van der Waals surface area (Å²) in [5.74, 6) is -0.485. The van der Waals surface area contributed by atoms with E-state index in [1.165, 1.54) is 12.1 Å².